The molecular weight excluding hydrogens is 234 g/mol. The van der Waals surface area contributed by atoms with Crippen LogP contribution in [0.25, 0.3) is 0 Å². The lowest BCUT2D eigenvalue weighted by Gasteiger charge is -2.34. The maximum Gasteiger partial charge on any atom is 0.410 e. The number of hydrogen-bond donors (Lipinski definition) is 2. The molecule has 1 aliphatic heterocycles. The second kappa shape index (κ2) is 7.79. The first-order valence-electron chi connectivity index (χ1n) is 6.19. The van der Waals surface area contributed by atoms with Gasteiger partial charge in [-0.25, -0.2) is 4.79 Å². The van der Waals surface area contributed by atoms with Gasteiger partial charge in [-0.05, 0) is 47.0 Å². The molecule has 0 aromatic carbocycles. The SMILES string of the molecule is C[C@@H]1CCCCN1C(=O)OC(C)(C)C.N/C=N/O. The largest absolute Gasteiger partial charge is 0.444 e. The van der Waals surface area contributed by atoms with Crippen molar-refractivity contribution < 1.29 is 14.7 Å². The normalized spacial score (nSPS) is 20.2. The molecule has 0 bridgehead atoms. The molecule has 3 N–H and O–H groups in total. The second-order valence-electron chi connectivity index (χ2n) is 5.28. The third kappa shape index (κ3) is 6.98. The fraction of sp³-hybridized carbons (Fsp3) is 0.833. The number of carbonyl (C=O) groups is 1. The number of rotatable bonds is 0. The predicted octanol–water partition coefficient (Wildman–Crippen LogP) is 2.16. The van der Waals surface area contributed by atoms with Gasteiger partial charge in [-0.1, -0.05) is 5.16 Å². The molecule has 0 spiro atoms. The Hall–Kier alpha value is -1.46. The zero-order valence-corrected chi connectivity index (χ0v) is 11.7. The van der Waals surface area contributed by atoms with Gasteiger partial charge in [0, 0.05) is 12.6 Å². The highest BCUT2D eigenvalue weighted by molar-refractivity contribution is 5.68. The fourth-order valence-corrected chi connectivity index (χ4v) is 1.69. The number of oxime groups is 1. The van der Waals surface area contributed by atoms with Crippen molar-refractivity contribution in [1.82, 2.24) is 4.90 Å². The number of amides is 1. The summed E-state index contributed by atoms with van der Waals surface area (Å²) in [4.78, 5) is 13.6. The molecular formula is C12H25N3O3. The van der Waals surface area contributed by atoms with Crippen LogP contribution in [0.15, 0.2) is 5.16 Å². The van der Waals surface area contributed by atoms with E-state index in [1.807, 2.05) is 25.7 Å². The Kier molecular flexibility index (Phi) is 7.16. The lowest BCUT2D eigenvalue weighted by Crippen LogP contribution is -2.44. The summed E-state index contributed by atoms with van der Waals surface area (Å²) in [7, 11) is 0. The van der Waals surface area contributed by atoms with Crippen LogP contribution in [0, 0.1) is 0 Å². The highest BCUT2D eigenvalue weighted by Gasteiger charge is 2.27. The van der Waals surface area contributed by atoms with Crippen molar-refractivity contribution in [3.05, 3.63) is 0 Å². The molecule has 1 fully saturated rings. The predicted molar refractivity (Wildman–Crippen MR) is 70.7 cm³/mol. The van der Waals surface area contributed by atoms with Gasteiger partial charge in [-0.3, -0.25) is 0 Å². The van der Waals surface area contributed by atoms with Crippen LogP contribution in [0.3, 0.4) is 0 Å². The second-order valence-corrected chi connectivity index (χ2v) is 5.28. The van der Waals surface area contributed by atoms with Gasteiger partial charge in [0.15, 0.2) is 0 Å². The Morgan fingerprint density at radius 1 is 1.50 bits per heavy atom. The van der Waals surface area contributed by atoms with Crippen molar-refractivity contribution >= 4 is 12.4 Å². The van der Waals surface area contributed by atoms with Gasteiger partial charge in [-0.15, -0.1) is 0 Å². The topological polar surface area (TPSA) is 88.2 Å². The first-order valence-corrected chi connectivity index (χ1v) is 6.19. The molecule has 1 saturated heterocycles. The molecule has 0 aliphatic carbocycles. The molecule has 106 valence electrons. The fourth-order valence-electron chi connectivity index (χ4n) is 1.69. The summed E-state index contributed by atoms with van der Waals surface area (Å²) in [5.74, 6) is 0. The van der Waals surface area contributed by atoms with Crippen molar-refractivity contribution in [2.24, 2.45) is 10.9 Å². The molecule has 6 heteroatoms. The Morgan fingerprint density at radius 3 is 2.44 bits per heavy atom. The molecule has 18 heavy (non-hydrogen) atoms. The van der Waals surface area contributed by atoms with Crippen LogP contribution in [0.4, 0.5) is 4.79 Å². The smallest absolute Gasteiger partial charge is 0.410 e. The van der Waals surface area contributed by atoms with Crippen molar-refractivity contribution in [3.63, 3.8) is 0 Å². The number of ether oxygens (including phenoxy) is 1. The van der Waals surface area contributed by atoms with Crippen LogP contribution in [-0.4, -0.2) is 40.7 Å². The van der Waals surface area contributed by atoms with E-state index < -0.39 is 0 Å². The van der Waals surface area contributed by atoms with Crippen molar-refractivity contribution in [2.75, 3.05) is 6.54 Å². The number of nitrogens with two attached hydrogens (primary N) is 1. The van der Waals surface area contributed by atoms with E-state index in [4.69, 9.17) is 9.94 Å². The first kappa shape index (κ1) is 16.5. The van der Waals surface area contributed by atoms with Gasteiger partial charge in [0.25, 0.3) is 0 Å². The molecule has 1 atom stereocenters. The van der Waals surface area contributed by atoms with E-state index in [1.165, 1.54) is 6.42 Å². The minimum atomic E-state index is -0.381. The van der Waals surface area contributed by atoms with Gasteiger partial charge in [0.05, 0.1) is 0 Å². The minimum absolute atomic E-state index is 0.162. The molecule has 1 aliphatic rings. The average molecular weight is 259 g/mol. The highest BCUT2D eigenvalue weighted by Crippen LogP contribution is 2.19. The zero-order valence-electron chi connectivity index (χ0n) is 11.7. The van der Waals surface area contributed by atoms with Gasteiger partial charge >= 0.3 is 6.09 Å². The van der Waals surface area contributed by atoms with Crippen LogP contribution in [-0.2, 0) is 4.74 Å². The lowest BCUT2D eigenvalue weighted by atomic mass is 10.0. The number of carbonyl (C=O) groups excluding carboxylic acids is 1. The van der Waals surface area contributed by atoms with E-state index in [0.717, 1.165) is 25.7 Å². The van der Waals surface area contributed by atoms with E-state index in [-0.39, 0.29) is 11.7 Å². The Labute approximate surface area is 109 Å². The molecule has 0 unspecified atom stereocenters. The Morgan fingerprint density at radius 2 is 2.06 bits per heavy atom. The maximum atomic E-state index is 11.7. The molecule has 6 nitrogen and oxygen atoms in total. The van der Waals surface area contributed by atoms with Crippen molar-refractivity contribution in [3.8, 4) is 0 Å². The monoisotopic (exact) mass is 259 g/mol. The van der Waals surface area contributed by atoms with Crippen LogP contribution in [0.2, 0.25) is 0 Å². The summed E-state index contributed by atoms with van der Waals surface area (Å²) in [6.07, 6.45) is 4.06. The number of likely N-dealkylation sites (tertiary alicyclic amines) is 1. The number of hydrogen-bond acceptors (Lipinski definition) is 4. The average Bonchev–Trinajstić information content (AvgIpc) is 2.27. The Bertz CT molecular complexity index is 270. The standard InChI is InChI=1S/C11H21NO2.CH4N2O/c1-9-7-5-6-8-12(9)10(13)14-11(2,3)4;2-1-3-4/h9H,5-8H2,1-4H3;1,4H,(H2,2,3)/t9-;/m1./s1. The molecule has 0 saturated carbocycles. The van der Waals surface area contributed by atoms with Crippen LogP contribution >= 0.6 is 0 Å². The summed E-state index contributed by atoms with van der Waals surface area (Å²) in [5.41, 5.74) is 4.11. The van der Waals surface area contributed by atoms with Gasteiger partial charge in [0.2, 0.25) is 0 Å². The molecule has 1 amide bonds. The highest BCUT2D eigenvalue weighted by atomic mass is 16.6. The van der Waals surface area contributed by atoms with Crippen molar-refractivity contribution in [2.45, 2.75) is 58.6 Å². The molecule has 1 heterocycles. The third-order valence-electron chi connectivity index (χ3n) is 2.50. The Balaban J connectivity index is 0.000000631. The van der Waals surface area contributed by atoms with Crippen molar-refractivity contribution in [1.29, 1.82) is 0 Å². The molecule has 0 aromatic heterocycles. The van der Waals surface area contributed by atoms with Gasteiger partial charge in [-0.2, -0.15) is 0 Å². The minimum Gasteiger partial charge on any atom is -0.444 e. The molecule has 1 rings (SSSR count). The zero-order chi connectivity index (χ0) is 14.2. The summed E-state index contributed by atoms with van der Waals surface area (Å²) < 4.78 is 5.33. The molecule has 0 radical (unpaired) electrons. The van der Waals surface area contributed by atoms with Crippen LogP contribution in [0.5, 0.6) is 0 Å². The van der Waals surface area contributed by atoms with E-state index >= 15 is 0 Å². The summed E-state index contributed by atoms with van der Waals surface area (Å²) in [6.45, 7) is 8.64. The van der Waals surface area contributed by atoms with E-state index in [1.54, 1.807) is 0 Å². The molecule has 0 aromatic rings. The summed E-state index contributed by atoms with van der Waals surface area (Å²) >= 11 is 0. The first-order chi connectivity index (χ1) is 8.31. The third-order valence-corrected chi connectivity index (χ3v) is 2.50. The van der Waals surface area contributed by atoms with Gasteiger partial charge < -0.3 is 20.6 Å². The van der Waals surface area contributed by atoms with E-state index in [0.29, 0.717) is 6.04 Å². The van der Waals surface area contributed by atoms with E-state index in [9.17, 15) is 4.79 Å². The van der Waals surface area contributed by atoms with Crippen LogP contribution < -0.4 is 5.73 Å². The van der Waals surface area contributed by atoms with Gasteiger partial charge in [0.1, 0.15) is 11.9 Å². The summed E-state index contributed by atoms with van der Waals surface area (Å²) in [6, 6.07) is 0.332. The number of nitrogens with zero attached hydrogens (tertiary/aromatic N) is 2. The van der Waals surface area contributed by atoms with Crippen LogP contribution in [0.1, 0.15) is 47.0 Å². The maximum absolute atomic E-state index is 11.7. The van der Waals surface area contributed by atoms with E-state index in [2.05, 4.69) is 17.8 Å². The quantitative estimate of drug-likeness (QED) is 0.302. The number of piperidine rings is 1. The lowest BCUT2D eigenvalue weighted by molar-refractivity contribution is 0.0121. The summed E-state index contributed by atoms with van der Waals surface area (Å²) in [5, 5.41) is 9.71.